The Balaban J connectivity index is 0.000000552. The lowest BCUT2D eigenvalue weighted by Gasteiger charge is -2.22. The largest absolute Gasteiger partial charge is 0.374 e. The molecular formula is C26H44N2. The summed E-state index contributed by atoms with van der Waals surface area (Å²) in [6.45, 7) is 6.89. The molecule has 0 saturated carbocycles. The minimum atomic E-state index is 1.12. The van der Waals surface area contributed by atoms with Gasteiger partial charge in [-0.05, 0) is 42.8 Å². The zero-order chi connectivity index (χ0) is 20.1. The number of nitrogens with zero attached hydrogens (tertiary/aromatic N) is 2. The standard InChI is InChI=1S/C21H39N.C5H5N/c1-3-5-6-7-8-9-10-11-12-13-14-15-18-22-19-16-21(4-2)17-20-22;1-2-4-6-5-3-1/h16-17,19H,3-15,18,20H2,1-2H3;1-5H. The van der Waals surface area contributed by atoms with Crippen molar-refractivity contribution in [3.8, 4) is 0 Å². The molecule has 0 amide bonds. The van der Waals surface area contributed by atoms with E-state index in [1.54, 1.807) is 12.4 Å². The van der Waals surface area contributed by atoms with Gasteiger partial charge in [-0.2, -0.15) is 0 Å². The van der Waals surface area contributed by atoms with Crippen LogP contribution in [0.3, 0.4) is 0 Å². The van der Waals surface area contributed by atoms with E-state index in [4.69, 9.17) is 0 Å². The van der Waals surface area contributed by atoms with Crippen molar-refractivity contribution in [2.75, 3.05) is 13.1 Å². The topological polar surface area (TPSA) is 16.1 Å². The first kappa shape index (κ1) is 24.5. The molecule has 0 atom stereocenters. The monoisotopic (exact) mass is 384 g/mol. The fraction of sp³-hybridized carbons (Fsp3) is 0.654. The summed E-state index contributed by atoms with van der Waals surface area (Å²) in [4.78, 5) is 6.24. The van der Waals surface area contributed by atoms with Gasteiger partial charge in [-0.3, -0.25) is 4.98 Å². The molecule has 0 N–H and O–H groups in total. The average Bonchev–Trinajstić information content (AvgIpc) is 2.76. The van der Waals surface area contributed by atoms with Gasteiger partial charge in [0, 0.05) is 25.5 Å². The molecule has 1 aromatic rings. The molecule has 0 aromatic carbocycles. The first-order valence-corrected chi connectivity index (χ1v) is 11.8. The number of allylic oxidation sites excluding steroid dienone is 2. The Morgan fingerprint density at radius 1 is 0.750 bits per heavy atom. The molecule has 1 aliphatic rings. The van der Waals surface area contributed by atoms with Crippen molar-refractivity contribution >= 4 is 0 Å². The van der Waals surface area contributed by atoms with Gasteiger partial charge in [0.2, 0.25) is 0 Å². The van der Waals surface area contributed by atoms with Gasteiger partial charge >= 0.3 is 0 Å². The summed E-state index contributed by atoms with van der Waals surface area (Å²) in [5.41, 5.74) is 1.49. The Hall–Kier alpha value is -1.57. The van der Waals surface area contributed by atoms with Gasteiger partial charge in [0.05, 0.1) is 0 Å². The first-order valence-electron chi connectivity index (χ1n) is 11.8. The quantitative estimate of drug-likeness (QED) is 0.303. The van der Waals surface area contributed by atoms with E-state index in [1.807, 2.05) is 18.2 Å². The molecule has 1 aliphatic heterocycles. The maximum Gasteiger partial charge on any atom is 0.0359 e. The Morgan fingerprint density at radius 2 is 1.32 bits per heavy atom. The van der Waals surface area contributed by atoms with Crippen molar-refractivity contribution in [3.05, 3.63) is 54.5 Å². The van der Waals surface area contributed by atoms with E-state index in [1.165, 1.54) is 95.6 Å². The number of hydrogen-bond donors (Lipinski definition) is 0. The Bertz CT molecular complexity index is 466. The van der Waals surface area contributed by atoms with E-state index in [9.17, 15) is 0 Å². The lowest BCUT2D eigenvalue weighted by atomic mass is 10.1. The highest BCUT2D eigenvalue weighted by Crippen LogP contribution is 2.13. The van der Waals surface area contributed by atoms with E-state index >= 15 is 0 Å². The molecule has 0 radical (unpaired) electrons. The predicted octanol–water partition coefficient (Wildman–Crippen LogP) is 7.93. The zero-order valence-electron chi connectivity index (χ0n) is 18.6. The van der Waals surface area contributed by atoms with Crippen LogP contribution in [0.25, 0.3) is 0 Å². The Kier molecular flexibility index (Phi) is 16.4. The summed E-state index contributed by atoms with van der Waals surface area (Å²) in [6.07, 6.45) is 28.8. The van der Waals surface area contributed by atoms with Crippen LogP contribution in [-0.4, -0.2) is 23.0 Å². The second kappa shape index (κ2) is 18.8. The third-order valence-corrected chi connectivity index (χ3v) is 5.36. The highest BCUT2D eigenvalue weighted by molar-refractivity contribution is 5.21. The summed E-state index contributed by atoms with van der Waals surface area (Å²) < 4.78 is 0. The molecule has 0 unspecified atom stereocenters. The molecule has 1 aromatic heterocycles. The van der Waals surface area contributed by atoms with Gasteiger partial charge in [-0.1, -0.05) is 96.6 Å². The summed E-state index contributed by atoms with van der Waals surface area (Å²) in [5, 5.41) is 0. The first-order chi connectivity index (χ1) is 13.9. The molecule has 28 heavy (non-hydrogen) atoms. The fourth-order valence-corrected chi connectivity index (χ4v) is 3.46. The second-order valence-electron chi connectivity index (χ2n) is 7.86. The van der Waals surface area contributed by atoms with Crippen molar-refractivity contribution in [2.45, 2.75) is 97.3 Å². The van der Waals surface area contributed by atoms with Gasteiger partial charge in [-0.25, -0.2) is 0 Å². The van der Waals surface area contributed by atoms with Crippen molar-refractivity contribution in [1.29, 1.82) is 0 Å². The van der Waals surface area contributed by atoms with Gasteiger partial charge in [0.15, 0.2) is 0 Å². The van der Waals surface area contributed by atoms with E-state index in [0.717, 1.165) is 6.54 Å². The normalized spacial score (nSPS) is 13.1. The molecule has 2 heterocycles. The predicted molar refractivity (Wildman–Crippen MR) is 124 cm³/mol. The van der Waals surface area contributed by atoms with E-state index < -0.39 is 0 Å². The van der Waals surface area contributed by atoms with Crippen molar-refractivity contribution in [2.24, 2.45) is 0 Å². The minimum Gasteiger partial charge on any atom is -0.374 e. The van der Waals surface area contributed by atoms with Gasteiger partial charge in [0.25, 0.3) is 0 Å². The lowest BCUT2D eigenvalue weighted by molar-refractivity contribution is 0.390. The van der Waals surface area contributed by atoms with Crippen LogP contribution in [0.5, 0.6) is 0 Å². The summed E-state index contributed by atoms with van der Waals surface area (Å²) in [6, 6.07) is 5.72. The van der Waals surface area contributed by atoms with Crippen LogP contribution in [0.4, 0.5) is 0 Å². The van der Waals surface area contributed by atoms with Gasteiger partial charge < -0.3 is 4.90 Å². The number of aromatic nitrogens is 1. The van der Waals surface area contributed by atoms with Crippen LogP contribution in [0.15, 0.2) is 54.5 Å². The molecule has 2 rings (SSSR count). The number of rotatable bonds is 14. The fourth-order valence-electron chi connectivity index (χ4n) is 3.46. The SMILES string of the molecule is CCCCCCCCCCCCCCN1C=CC(CC)=CC1.c1ccncc1. The Morgan fingerprint density at radius 3 is 1.71 bits per heavy atom. The van der Waals surface area contributed by atoms with E-state index in [0.29, 0.717) is 0 Å². The van der Waals surface area contributed by atoms with Crippen LogP contribution in [0, 0.1) is 0 Å². The number of pyridine rings is 1. The highest BCUT2D eigenvalue weighted by atomic mass is 15.1. The average molecular weight is 385 g/mol. The van der Waals surface area contributed by atoms with Crippen molar-refractivity contribution in [3.63, 3.8) is 0 Å². The molecule has 0 bridgehead atoms. The zero-order valence-corrected chi connectivity index (χ0v) is 18.6. The Labute approximate surface area is 175 Å². The summed E-state index contributed by atoms with van der Waals surface area (Å²) in [5.74, 6) is 0. The molecule has 2 nitrogen and oxygen atoms in total. The molecule has 0 spiro atoms. The third kappa shape index (κ3) is 14.5. The lowest BCUT2D eigenvalue weighted by Crippen LogP contribution is -2.21. The van der Waals surface area contributed by atoms with Gasteiger partial charge in [-0.15, -0.1) is 0 Å². The van der Waals surface area contributed by atoms with E-state index in [-0.39, 0.29) is 0 Å². The van der Waals surface area contributed by atoms with Crippen LogP contribution in [0.2, 0.25) is 0 Å². The smallest absolute Gasteiger partial charge is 0.0359 e. The number of hydrogen-bond acceptors (Lipinski definition) is 2. The molecule has 0 aliphatic carbocycles. The molecule has 0 saturated heterocycles. The second-order valence-corrected chi connectivity index (χ2v) is 7.86. The minimum absolute atomic E-state index is 1.12. The van der Waals surface area contributed by atoms with Crippen LogP contribution >= 0.6 is 0 Å². The van der Waals surface area contributed by atoms with Crippen LogP contribution in [0.1, 0.15) is 97.3 Å². The molecular weight excluding hydrogens is 340 g/mol. The molecule has 158 valence electrons. The maximum atomic E-state index is 3.78. The highest BCUT2D eigenvalue weighted by Gasteiger charge is 2.02. The van der Waals surface area contributed by atoms with Crippen molar-refractivity contribution < 1.29 is 0 Å². The van der Waals surface area contributed by atoms with Crippen LogP contribution in [-0.2, 0) is 0 Å². The third-order valence-electron chi connectivity index (χ3n) is 5.36. The molecule has 2 heteroatoms. The van der Waals surface area contributed by atoms with Crippen LogP contribution < -0.4 is 0 Å². The molecule has 0 fully saturated rings. The number of unbranched alkanes of at least 4 members (excludes halogenated alkanes) is 11. The maximum absolute atomic E-state index is 3.78. The van der Waals surface area contributed by atoms with Gasteiger partial charge in [0.1, 0.15) is 0 Å². The summed E-state index contributed by atoms with van der Waals surface area (Å²) >= 11 is 0. The summed E-state index contributed by atoms with van der Waals surface area (Å²) in [7, 11) is 0. The van der Waals surface area contributed by atoms with E-state index in [2.05, 4.69) is 42.1 Å². The van der Waals surface area contributed by atoms with Crippen molar-refractivity contribution in [1.82, 2.24) is 9.88 Å².